The van der Waals surface area contributed by atoms with E-state index in [1.54, 1.807) is 43.3 Å². The zero-order chi connectivity index (χ0) is 29.8. The van der Waals surface area contributed by atoms with Crippen molar-refractivity contribution in [2.24, 2.45) is 0 Å². The first-order valence-electron chi connectivity index (χ1n) is 12.5. The molecule has 0 saturated heterocycles. The van der Waals surface area contributed by atoms with Crippen LogP contribution in [0.5, 0.6) is 0 Å². The van der Waals surface area contributed by atoms with Gasteiger partial charge in [-0.1, -0.05) is 53.0 Å². The Bertz CT molecular complexity index is 1470. The van der Waals surface area contributed by atoms with Gasteiger partial charge in [-0.25, -0.2) is 8.42 Å². The zero-order valence-corrected chi connectivity index (χ0v) is 26.0. The van der Waals surface area contributed by atoms with Crippen molar-refractivity contribution in [3.8, 4) is 0 Å². The first kappa shape index (κ1) is 31.7. The second kappa shape index (κ2) is 12.8. The van der Waals surface area contributed by atoms with Gasteiger partial charge in [-0.3, -0.25) is 13.9 Å². The van der Waals surface area contributed by atoms with Crippen LogP contribution < -0.4 is 9.62 Å². The SMILES string of the molecule is Cc1cccc(N(CC(=O)N(Cc2c(Cl)cccc2Cl)C(C)C(=O)NC(C)(C)C)S(=O)(=O)c2ccc(Cl)cc2)c1. The molecule has 0 spiro atoms. The highest BCUT2D eigenvalue weighted by Crippen LogP contribution is 2.29. The Balaban J connectivity index is 2.08. The Labute approximate surface area is 251 Å². The molecule has 0 aliphatic heterocycles. The number of benzene rings is 3. The van der Waals surface area contributed by atoms with Crippen LogP contribution in [-0.4, -0.2) is 43.3 Å². The maximum atomic E-state index is 14.0. The largest absolute Gasteiger partial charge is 0.350 e. The van der Waals surface area contributed by atoms with E-state index in [1.807, 2.05) is 33.8 Å². The quantitative estimate of drug-likeness (QED) is 0.295. The van der Waals surface area contributed by atoms with Crippen molar-refractivity contribution in [2.45, 2.75) is 57.6 Å². The molecule has 214 valence electrons. The number of anilines is 1. The number of rotatable bonds is 9. The number of amides is 2. The monoisotopic (exact) mass is 623 g/mol. The fourth-order valence-electron chi connectivity index (χ4n) is 3.96. The first-order chi connectivity index (χ1) is 18.6. The molecule has 0 aliphatic carbocycles. The molecule has 40 heavy (non-hydrogen) atoms. The molecule has 0 heterocycles. The number of nitrogens with zero attached hydrogens (tertiary/aromatic N) is 2. The van der Waals surface area contributed by atoms with Crippen LogP contribution >= 0.6 is 34.8 Å². The summed E-state index contributed by atoms with van der Waals surface area (Å²) in [6.45, 7) is 8.19. The van der Waals surface area contributed by atoms with E-state index in [0.29, 0.717) is 26.3 Å². The molecule has 0 aliphatic rings. The number of aryl methyl sites for hydroxylation is 1. The summed E-state index contributed by atoms with van der Waals surface area (Å²) >= 11 is 18.8. The Morgan fingerprint density at radius 1 is 0.925 bits per heavy atom. The summed E-state index contributed by atoms with van der Waals surface area (Å²) in [5, 5.41) is 3.89. The summed E-state index contributed by atoms with van der Waals surface area (Å²) in [4.78, 5) is 28.5. The van der Waals surface area contributed by atoms with E-state index < -0.39 is 40.0 Å². The summed E-state index contributed by atoms with van der Waals surface area (Å²) in [6.07, 6.45) is 0. The molecular formula is C29H32Cl3N3O4S. The summed E-state index contributed by atoms with van der Waals surface area (Å²) < 4.78 is 28.8. The van der Waals surface area contributed by atoms with Gasteiger partial charge in [0.05, 0.1) is 10.6 Å². The summed E-state index contributed by atoms with van der Waals surface area (Å²) in [7, 11) is -4.21. The number of nitrogens with one attached hydrogen (secondary N) is 1. The van der Waals surface area contributed by atoms with E-state index in [0.717, 1.165) is 9.87 Å². The topological polar surface area (TPSA) is 86.8 Å². The second-order valence-electron chi connectivity index (χ2n) is 10.4. The van der Waals surface area contributed by atoms with Crippen LogP contribution in [0.25, 0.3) is 0 Å². The third kappa shape index (κ3) is 7.91. The molecule has 7 nitrogen and oxygen atoms in total. The molecular weight excluding hydrogens is 593 g/mol. The van der Waals surface area contributed by atoms with E-state index in [9.17, 15) is 18.0 Å². The molecule has 2 amide bonds. The number of hydrogen-bond donors (Lipinski definition) is 1. The van der Waals surface area contributed by atoms with Gasteiger partial charge in [-0.15, -0.1) is 0 Å². The van der Waals surface area contributed by atoms with Crippen LogP contribution in [0.2, 0.25) is 15.1 Å². The van der Waals surface area contributed by atoms with Gasteiger partial charge in [-0.05, 0) is 88.7 Å². The van der Waals surface area contributed by atoms with Crippen LogP contribution in [0.1, 0.15) is 38.8 Å². The van der Waals surface area contributed by atoms with Crippen LogP contribution in [0.4, 0.5) is 5.69 Å². The lowest BCUT2D eigenvalue weighted by Gasteiger charge is -2.34. The van der Waals surface area contributed by atoms with E-state index >= 15 is 0 Å². The van der Waals surface area contributed by atoms with Crippen molar-refractivity contribution in [3.05, 3.63) is 92.9 Å². The molecule has 3 aromatic rings. The number of carbonyl (C=O) groups is 2. The minimum absolute atomic E-state index is 0.0366. The predicted octanol–water partition coefficient (Wildman–Crippen LogP) is 6.48. The third-order valence-corrected chi connectivity index (χ3v) is 8.77. The van der Waals surface area contributed by atoms with Crippen LogP contribution in [0.15, 0.2) is 71.6 Å². The van der Waals surface area contributed by atoms with Gasteiger partial charge in [0.1, 0.15) is 12.6 Å². The molecule has 0 saturated carbocycles. The van der Waals surface area contributed by atoms with Crippen LogP contribution in [-0.2, 0) is 26.2 Å². The van der Waals surface area contributed by atoms with E-state index in [4.69, 9.17) is 34.8 Å². The maximum Gasteiger partial charge on any atom is 0.264 e. The number of hydrogen-bond acceptors (Lipinski definition) is 4. The molecule has 1 N–H and O–H groups in total. The zero-order valence-electron chi connectivity index (χ0n) is 22.9. The third-order valence-electron chi connectivity index (χ3n) is 6.03. The lowest BCUT2D eigenvalue weighted by atomic mass is 10.1. The van der Waals surface area contributed by atoms with Crippen LogP contribution in [0, 0.1) is 6.92 Å². The fourth-order valence-corrected chi connectivity index (χ4v) is 6.00. The summed E-state index contributed by atoms with van der Waals surface area (Å²) in [5.74, 6) is -1.03. The van der Waals surface area contributed by atoms with Crippen molar-refractivity contribution in [2.75, 3.05) is 10.8 Å². The average Bonchev–Trinajstić information content (AvgIpc) is 2.85. The van der Waals surface area contributed by atoms with Gasteiger partial charge in [0, 0.05) is 32.7 Å². The molecule has 3 rings (SSSR count). The van der Waals surface area contributed by atoms with Crippen molar-refractivity contribution >= 4 is 62.3 Å². The van der Waals surface area contributed by atoms with E-state index in [-0.39, 0.29) is 11.4 Å². The molecule has 0 radical (unpaired) electrons. The van der Waals surface area contributed by atoms with Gasteiger partial charge in [0.2, 0.25) is 11.8 Å². The Morgan fingerprint density at radius 2 is 1.50 bits per heavy atom. The van der Waals surface area contributed by atoms with Crippen molar-refractivity contribution in [1.29, 1.82) is 0 Å². The molecule has 11 heteroatoms. The van der Waals surface area contributed by atoms with E-state index in [2.05, 4.69) is 5.32 Å². The maximum absolute atomic E-state index is 14.0. The fraction of sp³-hybridized carbons (Fsp3) is 0.310. The first-order valence-corrected chi connectivity index (χ1v) is 15.1. The number of carbonyl (C=O) groups excluding carboxylic acids is 2. The highest BCUT2D eigenvalue weighted by atomic mass is 35.5. The van der Waals surface area contributed by atoms with Gasteiger partial charge >= 0.3 is 0 Å². The summed E-state index contributed by atoms with van der Waals surface area (Å²) in [6, 6.07) is 16.5. The average molecular weight is 625 g/mol. The van der Waals surface area contributed by atoms with Crippen molar-refractivity contribution < 1.29 is 18.0 Å². The van der Waals surface area contributed by atoms with Gasteiger partial charge in [0.15, 0.2) is 0 Å². The minimum Gasteiger partial charge on any atom is -0.350 e. The summed E-state index contributed by atoms with van der Waals surface area (Å²) in [5.41, 5.74) is 0.982. The smallest absolute Gasteiger partial charge is 0.264 e. The number of halogens is 3. The van der Waals surface area contributed by atoms with Crippen LogP contribution in [0.3, 0.4) is 0 Å². The van der Waals surface area contributed by atoms with Crippen molar-refractivity contribution in [1.82, 2.24) is 10.2 Å². The van der Waals surface area contributed by atoms with Gasteiger partial charge in [0.25, 0.3) is 10.0 Å². The lowest BCUT2D eigenvalue weighted by Crippen LogP contribution is -2.54. The molecule has 0 fully saturated rings. The van der Waals surface area contributed by atoms with E-state index in [1.165, 1.54) is 29.2 Å². The predicted molar refractivity (Wildman–Crippen MR) is 162 cm³/mol. The minimum atomic E-state index is -4.21. The standard InChI is InChI=1S/C29H32Cl3N3O4S/c1-19-8-6-9-22(16-19)35(40(38,39)23-14-12-21(30)13-15-23)18-27(36)34(20(2)28(37)33-29(3,4)5)17-24-25(31)10-7-11-26(24)32/h6-16,20H,17-18H2,1-5H3,(H,33,37). The normalized spacial score (nSPS) is 12.5. The molecule has 1 atom stereocenters. The Hall–Kier alpha value is -2.78. The Morgan fingerprint density at radius 3 is 2.05 bits per heavy atom. The highest BCUT2D eigenvalue weighted by Gasteiger charge is 2.34. The van der Waals surface area contributed by atoms with Gasteiger partial charge in [-0.2, -0.15) is 0 Å². The highest BCUT2D eigenvalue weighted by molar-refractivity contribution is 7.92. The molecule has 0 bridgehead atoms. The van der Waals surface area contributed by atoms with Crippen molar-refractivity contribution in [3.63, 3.8) is 0 Å². The molecule has 1 unspecified atom stereocenters. The number of sulfonamides is 1. The van der Waals surface area contributed by atoms with Gasteiger partial charge < -0.3 is 10.2 Å². The molecule has 3 aromatic carbocycles. The molecule has 0 aromatic heterocycles. The Kier molecular flexibility index (Phi) is 10.2. The second-order valence-corrected chi connectivity index (χ2v) is 13.6. The lowest BCUT2D eigenvalue weighted by molar-refractivity contribution is -0.140.